The number of carbonyl (C=O) groups is 1. The zero-order chi connectivity index (χ0) is 21.6. The number of hydrogen-bond acceptors (Lipinski definition) is 4. The summed E-state index contributed by atoms with van der Waals surface area (Å²) in [5.41, 5.74) is 2.00. The average Bonchev–Trinajstić information content (AvgIpc) is 2.81. The van der Waals surface area contributed by atoms with E-state index < -0.39 is 0 Å². The van der Waals surface area contributed by atoms with E-state index in [1.807, 2.05) is 42.5 Å². The summed E-state index contributed by atoms with van der Waals surface area (Å²) in [6.07, 6.45) is 1.68. The zero-order valence-electron chi connectivity index (χ0n) is 17.2. The van der Waals surface area contributed by atoms with Crippen molar-refractivity contribution in [3.63, 3.8) is 0 Å². The van der Waals surface area contributed by atoms with Gasteiger partial charge in [-0.25, -0.2) is 0 Å². The molecular weight excluding hydrogens is 388 g/mol. The van der Waals surface area contributed by atoms with Crippen LogP contribution in [0.5, 0.6) is 23.0 Å². The molecular formula is C27H22O4. The Labute approximate surface area is 181 Å². The number of ether oxygens (including phenoxy) is 3. The van der Waals surface area contributed by atoms with Crippen LogP contribution in [0.2, 0.25) is 0 Å². The summed E-state index contributed by atoms with van der Waals surface area (Å²) in [6.45, 7) is 3.54. The van der Waals surface area contributed by atoms with Crippen molar-refractivity contribution in [1.29, 1.82) is 0 Å². The first-order valence-electron chi connectivity index (χ1n) is 9.93. The van der Waals surface area contributed by atoms with Crippen molar-refractivity contribution < 1.29 is 19.0 Å². The number of methoxy groups -OCH3 is 1. The molecule has 4 aromatic carbocycles. The number of carbonyl (C=O) groups excluding carboxylic acids is 1. The second kappa shape index (κ2) is 9.18. The Bertz CT molecular complexity index is 1210. The number of hydrogen-bond donors (Lipinski definition) is 0. The number of benzene rings is 4. The summed E-state index contributed by atoms with van der Waals surface area (Å²) in [5, 5.41) is 2.10. The third-order valence-electron chi connectivity index (χ3n) is 4.87. The van der Waals surface area contributed by atoms with Crippen molar-refractivity contribution >= 4 is 16.7 Å². The SMILES string of the molecule is C=CCC(=O)Oc1ccc(Oc2c(-c3ccc(OC)cc3)ccc3ccccc23)cc1. The number of fused-ring (bicyclic) bond motifs is 1. The summed E-state index contributed by atoms with van der Waals surface area (Å²) >= 11 is 0. The lowest BCUT2D eigenvalue weighted by molar-refractivity contribution is -0.133. The first kappa shape index (κ1) is 20.2. The van der Waals surface area contributed by atoms with E-state index in [1.54, 1.807) is 31.4 Å². The lowest BCUT2D eigenvalue weighted by atomic mass is 9.99. The fourth-order valence-electron chi connectivity index (χ4n) is 3.34. The summed E-state index contributed by atoms with van der Waals surface area (Å²) in [4.78, 5) is 11.6. The fourth-order valence-corrected chi connectivity index (χ4v) is 3.34. The van der Waals surface area contributed by atoms with E-state index in [9.17, 15) is 4.79 Å². The summed E-state index contributed by atoms with van der Waals surface area (Å²) in [6, 6.07) is 27.1. The van der Waals surface area contributed by atoms with Gasteiger partial charge >= 0.3 is 5.97 Å². The first-order valence-corrected chi connectivity index (χ1v) is 9.93. The molecule has 0 amide bonds. The maximum atomic E-state index is 11.6. The van der Waals surface area contributed by atoms with Gasteiger partial charge in [-0.15, -0.1) is 6.58 Å². The number of rotatable bonds is 7. The number of esters is 1. The van der Waals surface area contributed by atoms with Crippen LogP contribution in [0.25, 0.3) is 21.9 Å². The molecule has 4 nitrogen and oxygen atoms in total. The van der Waals surface area contributed by atoms with Gasteiger partial charge in [-0.3, -0.25) is 4.79 Å². The molecule has 0 saturated carbocycles. The van der Waals surface area contributed by atoms with Crippen LogP contribution >= 0.6 is 0 Å². The highest BCUT2D eigenvalue weighted by molar-refractivity contribution is 5.95. The highest BCUT2D eigenvalue weighted by Crippen LogP contribution is 2.40. The third kappa shape index (κ3) is 4.59. The maximum absolute atomic E-state index is 11.6. The molecule has 4 aromatic rings. The Kier molecular flexibility index (Phi) is 5.99. The van der Waals surface area contributed by atoms with Crippen LogP contribution in [0.1, 0.15) is 6.42 Å². The highest BCUT2D eigenvalue weighted by atomic mass is 16.5. The van der Waals surface area contributed by atoms with Crippen molar-refractivity contribution in [2.24, 2.45) is 0 Å². The minimum absolute atomic E-state index is 0.166. The molecule has 0 saturated heterocycles. The van der Waals surface area contributed by atoms with E-state index >= 15 is 0 Å². The lowest BCUT2D eigenvalue weighted by Gasteiger charge is -2.15. The molecule has 0 aliphatic carbocycles. The fraction of sp³-hybridized carbons (Fsp3) is 0.0741. The van der Waals surface area contributed by atoms with Gasteiger partial charge in [0.25, 0.3) is 0 Å². The van der Waals surface area contributed by atoms with Gasteiger partial charge in [0.1, 0.15) is 23.0 Å². The van der Waals surface area contributed by atoms with Crippen molar-refractivity contribution in [3.8, 4) is 34.1 Å². The van der Waals surface area contributed by atoms with E-state index in [4.69, 9.17) is 14.2 Å². The molecule has 0 aliphatic heterocycles. The Balaban J connectivity index is 1.70. The molecule has 0 spiro atoms. The van der Waals surface area contributed by atoms with Crippen LogP contribution in [0, 0.1) is 0 Å². The standard InChI is InChI=1S/C27H22O4/c1-3-6-26(28)30-22-14-16-23(17-15-22)31-27-24-8-5-4-7-19(24)11-18-25(27)20-9-12-21(29-2)13-10-20/h3-5,7-18H,1,6H2,2H3. The smallest absolute Gasteiger partial charge is 0.315 e. The molecule has 0 aliphatic rings. The molecule has 0 aromatic heterocycles. The van der Waals surface area contributed by atoms with Crippen molar-refractivity contribution in [3.05, 3.63) is 97.6 Å². The van der Waals surface area contributed by atoms with Crippen LogP contribution in [-0.4, -0.2) is 13.1 Å². The molecule has 0 bridgehead atoms. The van der Waals surface area contributed by atoms with Crippen LogP contribution in [0.3, 0.4) is 0 Å². The molecule has 4 rings (SSSR count). The van der Waals surface area contributed by atoms with E-state index in [0.717, 1.165) is 33.4 Å². The summed E-state index contributed by atoms with van der Waals surface area (Å²) < 4.78 is 16.9. The topological polar surface area (TPSA) is 44.8 Å². The van der Waals surface area contributed by atoms with Gasteiger partial charge in [0.05, 0.1) is 13.5 Å². The van der Waals surface area contributed by atoms with E-state index in [2.05, 4.69) is 24.8 Å². The van der Waals surface area contributed by atoms with Crippen LogP contribution < -0.4 is 14.2 Å². The van der Waals surface area contributed by atoms with Crippen molar-refractivity contribution in [2.45, 2.75) is 6.42 Å². The Morgan fingerprint density at radius 3 is 2.23 bits per heavy atom. The lowest BCUT2D eigenvalue weighted by Crippen LogP contribution is -2.05. The van der Waals surface area contributed by atoms with Gasteiger partial charge in [-0.2, -0.15) is 0 Å². The maximum Gasteiger partial charge on any atom is 0.315 e. The van der Waals surface area contributed by atoms with E-state index in [0.29, 0.717) is 11.5 Å². The molecule has 154 valence electrons. The van der Waals surface area contributed by atoms with Gasteiger partial charge in [0.2, 0.25) is 0 Å². The second-order valence-electron chi connectivity index (χ2n) is 6.93. The first-order chi connectivity index (χ1) is 15.2. The minimum atomic E-state index is -0.348. The summed E-state index contributed by atoms with van der Waals surface area (Å²) in [7, 11) is 1.65. The normalized spacial score (nSPS) is 10.5. The van der Waals surface area contributed by atoms with E-state index in [1.165, 1.54) is 6.08 Å². The molecule has 0 fully saturated rings. The highest BCUT2D eigenvalue weighted by Gasteiger charge is 2.13. The van der Waals surface area contributed by atoms with Crippen LogP contribution in [0.4, 0.5) is 0 Å². The van der Waals surface area contributed by atoms with Gasteiger partial charge in [-0.05, 0) is 53.4 Å². The van der Waals surface area contributed by atoms with Gasteiger partial charge in [0.15, 0.2) is 0 Å². The molecule has 0 radical (unpaired) electrons. The Hall–Kier alpha value is -4.05. The molecule has 4 heteroatoms. The predicted molar refractivity (Wildman–Crippen MR) is 123 cm³/mol. The molecule has 0 heterocycles. The monoisotopic (exact) mass is 410 g/mol. The predicted octanol–water partition coefficient (Wildman–Crippen LogP) is 6.79. The quantitative estimate of drug-likeness (QED) is 0.191. The largest absolute Gasteiger partial charge is 0.497 e. The van der Waals surface area contributed by atoms with E-state index in [-0.39, 0.29) is 12.4 Å². The Morgan fingerprint density at radius 2 is 1.52 bits per heavy atom. The van der Waals surface area contributed by atoms with Crippen LogP contribution in [0.15, 0.2) is 97.6 Å². The molecule has 0 unspecified atom stereocenters. The average molecular weight is 410 g/mol. The zero-order valence-corrected chi connectivity index (χ0v) is 17.2. The summed E-state index contributed by atoms with van der Waals surface area (Å²) in [5.74, 6) is 2.33. The molecule has 0 atom stereocenters. The molecule has 0 N–H and O–H groups in total. The van der Waals surface area contributed by atoms with Crippen molar-refractivity contribution in [2.75, 3.05) is 7.11 Å². The van der Waals surface area contributed by atoms with Crippen molar-refractivity contribution in [1.82, 2.24) is 0 Å². The third-order valence-corrected chi connectivity index (χ3v) is 4.87. The minimum Gasteiger partial charge on any atom is -0.497 e. The van der Waals surface area contributed by atoms with Gasteiger partial charge < -0.3 is 14.2 Å². The second-order valence-corrected chi connectivity index (χ2v) is 6.93. The van der Waals surface area contributed by atoms with Gasteiger partial charge in [0, 0.05) is 10.9 Å². The van der Waals surface area contributed by atoms with Crippen LogP contribution in [-0.2, 0) is 4.79 Å². The Morgan fingerprint density at radius 1 is 0.839 bits per heavy atom. The van der Waals surface area contributed by atoms with Gasteiger partial charge in [-0.1, -0.05) is 48.5 Å². The molecule has 31 heavy (non-hydrogen) atoms.